The van der Waals surface area contributed by atoms with E-state index in [1.807, 2.05) is 24.3 Å². The molecule has 0 unspecified atom stereocenters. The molecule has 2 aromatic carbocycles. The molecular formula is C22H23FN4OS. The Bertz CT molecular complexity index is 987. The summed E-state index contributed by atoms with van der Waals surface area (Å²) in [5.74, 6) is 1.44. The van der Waals surface area contributed by atoms with Gasteiger partial charge >= 0.3 is 0 Å². The number of aromatic nitrogens is 3. The second-order valence-electron chi connectivity index (χ2n) is 7.36. The van der Waals surface area contributed by atoms with Gasteiger partial charge in [-0.05, 0) is 36.1 Å². The molecular weight excluding hydrogens is 387 g/mol. The van der Waals surface area contributed by atoms with Gasteiger partial charge in [0.15, 0.2) is 5.16 Å². The molecule has 1 aromatic heterocycles. The number of halogens is 1. The Labute approximate surface area is 173 Å². The van der Waals surface area contributed by atoms with Crippen LogP contribution < -0.4 is 0 Å². The molecule has 0 aliphatic heterocycles. The van der Waals surface area contributed by atoms with Crippen LogP contribution >= 0.6 is 11.8 Å². The van der Waals surface area contributed by atoms with E-state index in [4.69, 9.17) is 0 Å². The summed E-state index contributed by atoms with van der Waals surface area (Å²) < 4.78 is 15.5. The summed E-state index contributed by atoms with van der Waals surface area (Å²) in [5.41, 5.74) is 1.96. The second-order valence-corrected chi connectivity index (χ2v) is 8.30. The lowest BCUT2D eigenvalue weighted by Crippen LogP contribution is -2.28. The van der Waals surface area contributed by atoms with Crippen LogP contribution in [0.15, 0.2) is 59.8 Å². The molecule has 0 saturated heterocycles. The minimum absolute atomic E-state index is 0.0264. The number of thioether (sulfide) groups is 1. The van der Waals surface area contributed by atoms with Gasteiger partial charge in [-0.2, -0.15) is 0 Å². The molecule has 1 amide bonds. The van der Waals surface area contributed by atoms with E-state index in [0.29, 0.717) is 19.0 Å². The van der Waals surface area contributed by atoms with Gasteiger partial charge in [0.25, 0.3) is 0 Å². The molecule has 1 heterocycles. The third kappa shape index (κ3) is 5.03. The Morgan fingerprint density at radius 1 is 1.14 bits per heavy atom. The highest BCUT2D eigenvalue weighted by Gasteiger charge is 2.30. The predicted molar refractivity (Wildman–Crippen MR) is 111 cm³/mol. The summed E-state index contributed by atoms with van der Waals surface area (Å²) in [4.78, 5) is 14.2. The minimum Gasteiger partial charge on any atom is -0.341 e. The van der Waals surface area contributed by atoms with Gasteiger partial charge in [0.2, 0.25) is 5.91 Å². The molecule has 1 saturated carbocycles. The molecule has 1 fully saturated rings. The molecule has 0 radical (unpaired) electrons. The van der Waals surface area contributed by atoms with Gasteiger partial charge in [-0.1, -0.05) is 54.2 Å². The number of nitrogens with zero attached hydrogens (tertiary/aromatic N) is 4. The molecule has 0 bridgehead atoms. The Balaban J connectivity index is 1.41. The molecule has 4 rings (SSSR count). The fourth-order valence-corrected chi connectivity index (χ4v) is 4.08. The highest BCUT2D eigenvalue weighted by molar-refractivity contribution is 7.99. The number of carbonyl (C=O) groups is 1. The lowest BCUT2D eigenvalue weighted by Gasteiger charge is -2.17. The Kier molecular flexibility index (Phi) is 5.94. The van der Waals surface area contributed by atoms with Gasteiger partial charge in [0.1, 0.15) is 11.6 Å². The van der Waals surface area contributed by atoms with Crippen LogP contribution in [0, 0.1) is 5.82 Å². The smallest absolute Gasteiger partial charge is 0.233 e. The maximum absolute atomic E-state index is 13.4. The van der Waals surface area contributed by atoms with Gasteiger partial charge in [0.05, 0.1) is 12.3 Å². The minimum atomic E-state index is -0.292. The average molecular weight is 411 g/mol. The third-order valence-electron chi connectivity index (χ3n) is 4.93. The molecule has 0 N–H and O–H groups in total. The first-order valence-corrected chi connectivity index (χ1v) is 10.7. The van der Waals surface area contributed by atoms with Crippen molar-refractivity contribution in [3.8, 4) is 0 Å². The second kappa shape index (κ2) is 8.78. The van der Waals surface area contributed by atoms with Crippen molar-refractivity contribution in [3.63, 3.8) is 0 Å². The molecule has 5 nitrogen and oxygen atoms in total. The van der Waals surface area contributed by atoms with E-state index >= 15 is 0 Å². The summed E-state index contributed by atoms with van der Waals surface area (Å²) in [6.07, 6.45) is 2.29. The average Bonchev–Trinajstić information content (AvgIpc) is 3.49. The number of carbonyl (C=O) groups excluding carboxylic acids is 1. The molecule has 3 aromatic rings. The summed E-state index contributed by atoms with van der Waals surface area (Å²) in [6, 6.07) is 16.5. The fraction of sp³-hybridized carbons (Fsp3) is 0.318. The number of hydrogen-bond acceptors (Lipinski definition) is 4. The molecule has 0 atom stereocenters. The van der Waals surface area contributed by atoms with E-state index in [0.717, 1.165) is 29.4 Å². The Morgan fingerprint density at radius 2 is 1.90 bits per heavy atom. The lowest BCUT2D eigenvalue weighted by molar-refractivity contribution is -0.127. The fourth-order valence-electron chi connectivity index (χ4n) is 3.20. The van der Waals surface area contributed by atoms with Crippen molar-refractivity contribution >= 4 is 17.7 Å². The van der Waals surface area contributed by atoms with E-state index in [-0.39, 0.29) is 17.5 Å². The van der Waals surface area contributed by atoms with Crippen molar-refractivity contribution in [2.24, 2.45) is 0 Å². The van der Waals surface area contributed by atoms with Gasteiger partial charge in [0, 0.05) is 19.5 Å². The van der Waals surface area contributed by atoms with Gasteiger partial charge in [-0.25, -0.2) is 4.39 Å². The first-order chi connectivity index (χ1) is 14.1. The van der Waals surface area contributed by atoms with Gasteiger partial charge < -0.3 is 9.47 Å². The maximum atomic E-state index is 13.4. The van der Waals surface area contributed by atoms with E-state index in [2.05, 4.69) is 26.9 Å². The van der Waals surface area contributed by atoms with E-state index in [9.17, 15) is 9.18 Å². The zero-order chi connectivity index (χ0) is 20.2. The van der Waals surface area contributed by atoms with Gasteiger partial charge in [-0.3, -0.25) is 4.79 Å². The molecule has 1 aliphatic rings. The maximum Gasteiger partial charge on any atom is 0.233 e. The summed E-state index contributed by atoms with van der Waals surface area (Å²) in [6.45, 7) is 1.08. The Hall–Kier alpha value is -2.67. The van der Waals surface area contributed by atoms with Crippen molar-refractivity contribution in [1.82, 2.24) is 19.7 Å². The third-order valence-corrected chi connectivity index (χ3v) is 5.88. The van der Waals surface area contributed by atoms with Crippen molar-refractivity contribution in [2.75, 3.05) is 12.8 Å². The Morgan fingerprint density at radius 3 is 2.62 bits per heavy atom. The molecule has 7 heteroatoms. The standard InChI is InChI=1S/C22H23FN4OS/c1-26(13-17-8-5-9-19(23)12-17)20(28)15-29-22-25-24-21(18-10-11-18)27(22)14-16-6-3-2-4-7-16/h2-9,12,18H,10-11,13-15H2,1H3. The van der Waals surface area contributed by atoms with Crippen LogP contribution in [0.4, 0.5) is 4.39 Å². The van der Waals surface area contributed by atoms with E-state index < -0.39 is 0 Å². The predicted octanol–water partition coefficient (Wildman–Crippen LogP) is 4.09. The SMILES string of the molecule is CN(Cc1cccc(F)c1)C(=O)CSc1nnc(C2CC2)n1Cc1ccccc1. The zero-order valence-electron chi connectivity index (χ0n) is 16.3. The van der Waals surface area contributed by atoms with Gasteiger partial charge in [-0.15, -0.1) is 10.2 Å². The van der Waals surface area contributed by atoms with Crippen molar-refractivity contribution < 1.29 is 9.18 Å². The van der Waals surface area contributed by atoms with E-state index in [1.54, 1.807) is 18.0 Å². The number of rotatable bonds is 8. The van der Waals surface area contributed by atoms with Crippen LogP contribution in [0.1, 0.15) is 35.7 Å². The van der Waals surface area contributed by atoms with Crippen LogP contribution in [0.25, 0.3) is 0 Å². The number of hydrogen-bond donors (Lipinski definition) is 0. The first kappa shape index (κ1) is 19.6. The molecule has 150 valence electrons. The largest absolute Gasteiger partial charge is 0.341 e. The van der Waals surface area contributed by atoms with Crippen molar-refractivity contribution in [1.29, 1.82) is 0 Å². The summed E-state index contributed by atoms with van der Waals surface area (Å²) in [5, 5.41) is 9.52. The summed E-state index contributed by atoms with van der Waals surface area (Å²) >= 11 is 1.41. The van der Waals surface area contributed by atoms with E-state index in [1.165, 1.54) is 29.5 Å². The molecule has 29 heavy (non-hydrogen) atoms. The zero-order valence-corrected chi connectivity index (χ0v) is 17.1. The topological polar surface area (TPSA) is 51.0 Å². The van der Waals surface area contributed by atoms with Crippen LogP contribution in [0.5, 0.6) is 0 Å². The first-order valence-electron chi connectivity index (χ1n) is 9.68. The van der Waals surface area contributed by atoms with Crippen LogP contribution in [-0.4, -0.2) is 38.4 Å². The monoisotopic (exact) mass is 410 g/mol. The molecule has 0 spiro atoms. The van der Waals surface area contributed by atoms with Crippen LogP contribution in [-0.2, 0) is 17.9 Å². The highest BCUT2D eigenvalue weighted by atomic mass is 32.2. The van der Waals surface area contributed by atoms with Crippen molar-refractivity contribution in [2.45, 2.75) is 37.0 Å². The van der Waals surface area contributed by atoms with Crippen LogP contribution in [0.2, 0.25) is 0 Å². The van der Waals surface area contributed by atoms with Crippen LogP contribution in [0.3, 0.4) is 0 Å². The summed E-state index contributed by atoms with van der Waals surface area (Å²) in [7, 11) is 1.73. The number of amides is 1. The highest BCUT2D eigenvalue weighted by Crippen LogP contribution is 2.40. The molecule has 1 aliphatic carbocycles. The van der Waals surface area contributed by atoms with Crippen molar-refractivity contribution in [3.05, 3.63) is 77.4 Å². The lowest BCUT2D eigenvalue weighted by atomic mass is 10.2. The quantitative estimate of drug-likeness (QED) is 0.525. The normalized spacial score (nSPS) is 13.4. The number of benzene rings is 2.